The van der Waals surface area contributed by atoms with Crippen LogP contribution < -0.4 is 11.1 Å². The van der Waals surface area contributed by atoms with Crippen molar-refractivity contribution in [1.29, 1.82) is 0 Å². The molecule has 0 saturated heterocycles. The van der Waals surface area contributed by atoms with Gasteiger partial charge in [-0.2, -0.15) is 0 Å². The molecule has 1 atom stereocenters. The number of nitrogens with one attached hydrogen (secondary N) is 1. The van der Waals surface area contributed by atoms with Gasteiger partial charge in [-0.3, -0.25) is 4.79 Å². The summed E-state index contributed by atoms with van der Waals surface area (Å²) in [5.41, 5.74) is 6.75. The number of carbonyl (C=O) groups is 1. The second kappa shape index (κ2) is 5.69. The highest BCUT2D eigenvalue weighted by Gasteiger charge is 2.22. The van der Waals surface area contributed by atoms with Crippen molar-refractivity contribution in [3.05, 3.63) is 65.2 Å². The Kier molecular flexibility index (Phi) is 3.98. The maximum Gasteiger partial charge on any atom is 0.244 e. The summed E-state index contributed by atoms with van der Waals surface area (Å²) in [6.45, 7) is 1.88. The summed E-state index contributed by atoms with van der Waals surface area (Å²) in [6, 6.07) is 8.97. The summed E-state index contributed by atoms with van der Waals surface area (Å²) in [6.07, 6.45) is 0. The van der Waals surface area contributed by atoms with E-state index in [0.29, 0.717) is 5.69 Å². The smallest absolute Gasteiger partial charge is 0.244 e. The summed E-state index contributed by atoms with van der Waals surface area (Å²) < 4.78 is 27.0. The predicted octanol–water partition coefficient (Wildman–Crippen LogP) is 2.91. The van der Waals surface area contributed by atoms with Gasteiger partial charge < -0.3 is 11.1 Å². The van der Waals surface area contributed by atoms with Crippen molar-refractivity contribution in [3.63, 3.8) is 0 Å². The molecule has 0 spiro atoms. The number of halogens is 2. The molecule has 1 unspecified atom stereocenters. The van der Waals surface area contributed by atoms with Crippen LogP contribution in [0.1, 0.15) is 17.2 Å². The number of nitrogens with two attached hydrogens (primary N) is 1. The van der Waals surface area contributed by atoms with Crippen LogP contribution in [0.4, 0.5) is 14.5 Å². The second-order valence-corrected chi connectivity index (χ2v) is 4.52. The van der Waals surface area contributed by atoms with E-state index in [-0.39, 0.29) is 5.56 Å². The third kappa shape index (κ3) is 3.12. The number of rotatable bonds is 4. The average molecular weight is 276 g/mol. The molecule has 2 aromatic carbocycles. The van der Waals surface area contributed by atoms with Crippen LogP contribution in [-0.2, 0) is 4.79 Å². The maximum absolute atomic E-state index is 13.7. The lowest BCUT2D eigenvalue weighted by atomic mass is 10.0. The summed E-state index contributed by atoms with van der Waals surface area (Å²) >= 11 is 0. The van der Waals surface area contributed by atoms with Crippen LogP contribution in [-0.4, -0.2) is 5.91 Å². The molecule has 0 bridgehead atoms. The first-order valence-electron chi connectivity index (χ1n) is 6.05. The van der Waals surface area contributed by atoms with E-state index in [1.807, 2.05) is 13.0 Å². The van der Waals surface area contributed by atoms with Crippen LogP contribution in [0.3, 0.4) is 0 Å². The van der Waals surface area contributed by atoms with Crippen molar-refractivity contribution < 1.29 is 13.6 Å². The number of hydrogen-bond acceptors (Lipinski definition) is 2. The lowest BCUT2D eigenvalue weighted by Gasteiger charge is -2.18. The van der Waals surface area contributed by atoms with Crippen molar-refractivity contribution in [2.24, 2.45) is 5.73 Å². The van der Waals surface area contributed by atoms with Gasteiger partial charge in [0.15, 0.2) is 0 Å². The third-order valence-corrected chi connectivity index (χ3v) is 2.88. The van der Waals surface area contributed by atoms with Crippen molar-refractivity contribution in [1.82, 2.24) is 0 Å². The monoisotopic (exact) mass is 276 g/mol. The van der Waals surface area contributed by atoms with Gasteiger partial charge in [-0.25, -0.2) is 8.78 Å². The van der Waals surface area contributed by atoms with E-state index in [9.17, 15) is 13.6 Å². The molecule has 0 aliphatic rings. The van der Waals surface area contributed by atoms with E-state index in [1.165, 1.54) is 0 Å². The first-order chi connectivity index (χ1) is 9.47. The molecular formula is C15H14F2N2O. The number of hydrogen-bond donors (Lipinski definition) is 2. The van der Waals surface area contributed by atoms with Gasteiger partial charge in [-0.1, -0.05) is 12.1 Å². The number of amides is 1. The van der Waals surface area contributed by atoms with Crippen LogP contribution in [0, 0.1) is 18.6 Å². The third-order valence-electron chi connectivity index (χ3n) is 2.88. The van der Waals surface area contributed by atoms with E-state index >= 15 is 0 Å². The minimum atomic E-state index is -1.13. The first kappa shape index (κ1) is 14.0. The molecule has 1 amide bonds. The van der Waals surface area contributed by atoms with Gasteiger partial charge >= 0.3 is 0 Å². The molecule has 2 aromatic rings. The van der Waals surface area contributed by atoms with Crippen LogP contribution in [0.15, 0.2) is 42.5 Å². The average Bonchev–Trinajstić information content (AvgIpc) is 2.39. The molecule has 104 valence electrons. The normalized spacial score (nSPS) is 11.9. The second-order valence-electron chi connectivity index (χ2n) is 4.52. The Morgan fingerprint density at radius 2 is 1.95 bits per heavy atom. The number of benzene rings is 2. The lowest BCUT2D eigenvalue weighted by molar-refractivity contribution is -0.118. The van der Waals surface area contributed by atoms with Crippen LogP contribution in [0.25, 0.3) is 0 Å². The Morgan fingerprint density at radius 3 is 2.60 bits per heavy atom. The Bertz CT molecular complexity index is 644. The zero-order valence-electron chi connectivity index (χ0n) is 10.9. The Morgan fingerprint density at radius 1 is 1.20 bits per heavy atom. The molecule has 0 aliphatic heterocycles. The van der Waals surface area contributed by atoms with Gasteiger partial charge in [0, 0.05) is 11.3 Å². The fraction of sp³-hybridized carbons (Fsp3) is 0.133. The fourth-order valence-corrected chi connectivity index (χ4v) is 1.94. The number of aryl methyl sites for hydroxylation is 1. The molecule has 3 N–H and O–H groups in total. The van der Waals surface area contributed by atoms with Crippen molar-refractivity contribution in [2.45, 2.75) is 13.0 Å². The molecule has 0 heterocycles. The minimum absolute atomic E-state index is 0.112. The summed E-state index contributed by atoms with van der Waals surface area (Å²) in [5, 5.41) is 2.82. The number of primary amides is 1. The molecule has 0 saturated carbocycles. The highest BCUT2D eigenvalue weighted by Crippen LogP contribution is 2.23. The molecule has 0 aliphatic carbocycles. The lowest BCUT2D eigenvalue weighted by Crippen LogP contribution is -2.28. The Labute approximate surface area is 115 Å². The van der Waals surface area contributed by atoms with E-state index in [1.54, 1.807) is 18.2 Å². The number of carbonyl (C=O) groups excluding carboxylic acids is 1. The van der Waals surface area contributed by atoms with E-state index in [4.69, 9.17) is 5.73 Å². The van der Waals surface area contributed by atoms with Crippen LogP contribution in [0.2, 0.25) is 0 Å². The van der Waals surface area contributed by atoms with Crippen molar-refractivity contribution >= 4 is 11.6 Å². The van der Waals surface area contributed by atoms with Gasteiger partial charge in [0.1, 0.15) is 17.7 Å². The van der Waals surface area contributed by atoms with Gasteiger partial charge in [0.2, 0.25) is 5.91 Å². The molecule has 0 aromatic heterocycles. The standard InChI is InChI=1S/C15H14F2N2O/c1-9-3-2-4-11(7-9)19-14(15(18)20)12-8-10(16)5-6-13(12)17/h2-8,14,19H,1H3,(H2,18,20). The minimum Gasteiger partial charge on any atom is -0.370 e. The molecule has 5 heteroatoms. The van der Waals surface area contributed by atoms with E-state index < -0.39 is 23.6 Å². The summed E-state index contributed by atoms with van der Waals surface area (Å²) in [4.78, 5) is 11.5. The van der Waals surface area contributed by atoms with Gasteiger partial charge in [0.05, 0.1) is 0 Å². The van der Waals surface area contributed by atoms with Crippen LogP contribution >= 0.6 is 0 Å². The van der Waals surface area contributed by atoms with Crippen molar-refractivity contribution in [3.8, 4) is 0 Å². The predicted molar refractivity (Wildman–Crippen MR) is 73.1 cm³/mol. The highest BCUT2D eigenvalue weighted by molar-refractivity contribution is 5.84. The van der Waals surface area contributed by atoms with E-state index in [0.717, 1.165) is 23.8 Å². The molecular weight excluding hydrogens is 262 g/mol. The zero-order valence-corrected chi connectivity index (χ0v) is 10.9. The van der Waals surface area contributed by atoms with Crippen LogP contribution in [0.5, 0.6) is 0 Å². The van der Waals surface area contributed by atoms with Gasteiger partial charge in [0.25, 0.3) is 0 Å². The first-order valence-corrected chi connectivity index (χ1v) is 6.05. The molecule has 3 nitrogen and oxygen atoms in total. The van der Waals surface area contributed by atoms with Gasteiger partial charge in [-0.15, -0.1) is 0 Å². The van der Waals surface area contributed by atoms with Crippen molar-refractivity contribution in [2.75, 3.05) is 5.32 Å². The number of anilines is 1. The zero-order chi connectivity index (χ0) is 14.7. The molecule has 0 radical (unpaired) electrons. The topological polar surface area (TPSA) is 55.1 Å². The quantitative estimate of drug-likeness (QED) is 0.902. The SMILES string of the molecule is Cc1cccc(NC(C(N)=O)c2cc(F)ccc2F)c1. The largest absolute Gasteiger partial charge is 0.370 e. The molecule has 2 rings (SSSR count). The summed E-state index contributed by atoms with van der Waals surface area (Å²) in [7, 11) is 0. The summed E-state index contributed by atoms with van der Waals surface area (Å²) in [5.74, 6) is -2.09. The highest BCUT2D eigenvalue weighted by atomic mass is 19.1. The molecule has 0 fully saturated rings. The van der Waals surface area contributed by atoms with E-state index in [2.05, 4.69) is 5.32 Å². The molecule has 20 heavy (non-hydrogen) atoms. The van der Waals surface area contributed by atoms with Gasteiger partial charge in [-0.05, 0) is 42.8 Å². The maximum atomic E-state index is 13.7. The Hall–Kier alpha value is -2.43. The Balaban J connectivity index is 2.37. The fourth-order valence-electron chi connectivity index (χ4n) is 1.94.